The van der Waals surface area contributed by atoms with Crippen LogP contribution >= 0.6 is 0 Å². The lowest BCUT2D eigenvalue weighted by atomic mass is 9.88. The Morgan fingerprint density at radius 1 is 1.33 bits per heavy atom. The van der Waals surface area contributed by atoms with E-state index in [1.807, 2.05) is 6.08 Å². The molecular weight excluding hydrogens is 167 g/mol. The van der Waals surface area contributed by atoms with Crippen LogP contribution in [0.3, 0.4) is 0 Å². The van der Waals surface area contributed by atoms with E-state index in [4.69, 9.17) is 5.73 Å². The lowest BCUT2D eigenvalue weighted by Gasteiger charge is -2.26. The van der Waals surface area contributed by atoms with E-state index in [1.165, 1.54) is 0 Å². The molecule has 0 heterocycles. The van der Waals surface area contributed by atoms with Gasteiger partial charge in [0.25, 0.3) is 0 Å². The molecule has 4 heteroatoms. The van der Waals surface area contributed by atoms with Crippen molar-refractivity contribution in [3.8, 4) is 0 Å². The van der Waals surface area contributed by atoms with Crippen LogP contribution in [0.1, 0.15) is 19.3 Å². The number of allylic oxidation sites excluding steroid dienone is 2. The third-order valence-corrected chi connectivity index (χ3v) is 2.20. The fourth-order valence-corrected chi connectivity index (χ4v) is 1.41. The first kappa shape index (κ1) is 9.58. The third kappa shape index (κ3) is 2.24. The molecule has 0 aromatic rings. The van der Waals surface area contributed by atoms with Gasteiger partial charge in [-0.3, -0.25) is 0 Å². The summed E-state index contributed by atoms with van der Waals surface area (Å²) >= 11 is 0. The van der Waals surface area contributed by atoms with Gasteiger partial charge >= 0.3 is 6.18 Å². The molecule has 70 valence electrons. The highest BCUT2D eigenvalue weighted by Crippen LogP contribution is 2.30. The van der Waals surface area contributed by atoms with Crippen LogP contribution in [0.2, 0.25) is 0 Å². The Morgan fingerprint density at radius 2 is 2.00 bits per heavy atom. The summed E-state index contributed by atoms with van der Waals surface area (Å²) in [6, 6.07) is -1.65. The molecule has 0 saturated carbocycles. The molecule has 12 heavy (non-hydrogen) atoms. The molecule has 0 saturated heterocycles. The maximum absolute atomic E-state index is 12.1. The van der Waals surface area contributed by atoms with Crippen LogP contribution in [0.5, 0.6) is 0 Å². The number of nitrogens with two attached hydrogens (primary N) is 1. The van der Waals surface area contributed by atoms with Crippen molar-refractivity contribution in [3.05, 3.63) is 12.2 Å². The molecule has 0 spiro atoms. The van der Waals surface area contributed by atoms with Crippen molar-refractivity contribution in [3.63, 3.8) is 0 Å². The van der Waals surface area contributed by atoms with Gasteiger partial charge in [-0.2, -0.15) is 13.2 Å². The van der Waals surface area contributed by atoms with Crippen LogP contribution in [0.4, 0.5) is 13.2 Å². The summed E-state index contributed by atoms with van der Waals surface area (Å²) in [5, 5.41) is 0. The zero-order valence-electron chi connectivity index (χ0n) is 6.64. The lowest BCUT2D eigenvalue weighted by molar-refractivity contribution is -0.159. The van der Waals surface area contributed by atoms with E-state index in [2.05, 4.69) is 0 Å². The minimum atomic E-state index is -4.24. The molecule has 1 rings (SSSR count). The van der Waals surface area contributed by atoms with E-state index in [0.717, 1.165) is 0 Å². The quantitative estimate of drug-likeness (QED) is 0.614. The summed E-state index contributed by atoms with van der Waals surface area (Å²) in [6.45, 7) is 0. The molecule has 0 aromatic carbocycles. The zero-order chi connectivity index (χ0) is 9.19. The average molecular weight is 179 g/mol. The van der Waals surface area contributed by atoms with E-state index < -0.39 is 18.1 Å². The van der Waals surface area contributed by atoms with Crippen molar-refractivity contribution < 1.29 is 13.2 Å². The van der Waals surface area contributed by atoms with E-state index in [0.29, 0.717) is 19.3 Å². The molecule has 0 aromatic heterocycles. The minimum Gasteiger partial charge on any atom is -0.320 e. The summed E-state index contributed by atoms with van der Waals surface area (Å²) in [4.78, 5) is 0. The topological polar surface area (TPSA) is 26.0 Å². The van der Waals surface area contributed by atoms with E-state index in [9.17, 15) is 13.2 Å². The zero-order valence-corrected chi connectivity index (χ0v) is 6.64. The van der Waals surface area contributed by atoms with Crippen molar-refractivity contribution in [2.45, 2.75) is 31.5 Å². The Balaban J connectivity index is 2.52. The largest absolute Gasteiger partial charge is 0.403 e. The predicted octanol–water partition coefficient (Wildman–Crippen LogP) is 2.23. The Hall–Kier alpha value is -0.510. The number of halogens is 3. The van der Waals surface area contributed by atoms with E-state index in [-0.39, 0.29) is 0 Å². The fraction of sp³-hybridized carbons (Fsp3) is 0.750. The molecule has 0 amide bonds. The first-order valence-corrected chi connectivity index (χ1v) is 3.99. The van der Waals surface area contributed by atoms with Gasteiger partial charge in [0.1, 0.15) is 6.04 Å². The molecule has 1 nitrogen and oxygen atoms in total. The van der Waals surface area contributed by atoms with Gasteiger partial charge in [0.15, 0.2) is 0 Å². The predicted molar refractivity (Wildman–Crippen MR) is 40.5 cm³/mol. The summed E-state index contributed by atoms with van der Waals surface area (Å²) in [5.74, 6) is -0.421. The van der Waals surface area contributed by atoms with Crippen LogP contribution in [0.15, 0.2) is 12.2 Å². The average Bonchev–Trinajstić information content (AvgIpc) is 2.03. The van der Waals surface area contributed by atoms with E-state index in [1.54, 1.807) is 6.08 Å². The van der Waals surface area contributed by atoms with Crippen molar-refractivity contribution in [2.75, 3.05) is 0 Å². The molecule has 0 bridgehead atoms. The second-order valence-corrected chi connectivity index (χ2v) is 3.11. The molecule has 1 aliphatic rings. The second-order valence-electron chi connectivity index (χ2n) is 3.11. The van der Waals surface area contributed by atoms with Crippen LogP contribution in [-0.4, -0.2) is 12.2 Å². The van der Waals surface area contributed by atoms with E-state index >= 15 is 0 Å². The van der Waals surface area contributed by atoms with Gasteiger partial charge in [-0.15, -0.1) is 0 Å². The number of alkyl halides is 3. The fourth-order valence-electron chi connectivity index (χ4n) is 1.41. The van der Waals surface area contributed by atoms with Crippen molar-refractivity contribution in [1.29, 1.82) is 0 Å². The summed E-state index contributed by atoms with van der Waals surface area (Å²) < 4.78 is 36.3. The van der Waals surface area contributed by atoms with Gasteiger partial charge in [-0.05, 0) is 25.2 Å². The van der Waals surface area contributed by atoms with Crippen LogP contribution in [0.25, 0.3) is 0 Å². The van der Waals surface area contributed by atoms with Crippen LogP contribution in [-0.2, 0) is 0 Å². The monoisotopic (exact) mass is 179 g/mol. The molecule has 0 aliphatic heterocycles. The van der Waals surface area contributed by atoms with Gasteiger partial charge in [0.05, 0.1) is 0 Å². The Bertz CT molecular complexity index is 174. The maximum Gasteiger partial charge on any atom is 0.403 e. The molecular formula is C8H12F3N. The highest BCUT2D eigenvalue weighted by Gasteiger charge is 2.41. The van der Waals surface area contributed by atoms with Crippen molar-refractivity contribution in [1.82, 2.24) is 0 Å². The smallest absolute Gasteiger partial charge is 0.320 e. The summed E-state index contributed by atoms with van der Waals surface area (Å²) in [6.07, 6.45) is 1.17. The number of hydrogen-bond acceptors (Lipinski definition) is 1. The van der Waals surface area contributed by atoms with Gasteiger partial charge in [-0.1, -0.05) is 12.2 Å². The highest BCUT2D eigenvalue weighted by molar-refractivity contribution is 4.94. The van der Waals surface area contributed by atoms with Gasteiger partial charge < -0.3 is 5.73 Å². The lowest BCUT2D eigenvalue weighted by Crippen LogP contribution is -2.43. The van der Waals surface area contributed by atoms with Crippen LogP contribution in [0, 0.1) is 5.92 Å². The molecule has 1 aliphatic carbocycles. The Kier molecular flexibility index (Phi) is 2.77. The summed E-state index contributed by atoms with van der Waals surface area (Å²) in [7, 11) is 0. The normalized spacial score (nSPS) is 27.2. The molecule has 0 radical (unpaired) electrons. The Labute approximate surface area is 69.4 Å². The summed E-state index contributed by atoms with van der Waals surface area (Å²) in [5.41, 5.74) is 5.07. The molecule has 1 unspecified atom stereocenters. The third-order valence-electron chi connectivity index (χ3n) is 2.20. The molecule has 0 fully saturated rings. The maximum atomic E-state index is 12.1. The standard InChI is InChI=1S/C8H12F3N/c9-8(10,11)7(12)6-4-2-1-3-5-6/h1-2,6-7H,3-5,12H2/t6-,7?/m0/s1. The number of rotatable bonds is 1. The highest BCUT2D eigenvalue weighted by atomic mass is 19.4. The number of hydrogen-bond donors (Lipinski definition) is 1. The molecule has 2 atom stereocenters. The first-order chi connectivity index (χ1) is 5.52. The minimum absolute atomic E-state index is 0.421. The van der Waals surface area contributed by atoms with Crippen molar-refractivity contribution >= 4 is 0 Å². The SMILES string of the molecule is NC([C@H]1CC=CCC1)C(F)(F)F. The van der Waals surface area contributed by atoms with Crippen molar-refractivity contribution in [2.24, 2.45) is 11.7 Å². The second kappa shape index (κ2) is 3.47. The first-order valence-electron chi connectivity index (χ1n) is 3.99. The van der Waals surface area contributed by atoms with Gasteiger partial charge in [-0.25, -0.2) is 0 Å². The molecule has 2 N–H and O–H groups in total. The Morgan fingerprint density at radius 3 is 2.42 bits per heavy atom. The van der Waals surface area contributed by atoms with Gasteiger partial charge in [0, 0.05) is 0 Å². The van der Waals surface area contributed by atoms with Crippen LogP contribution < -0.4 is 5.73 Å². The van der Waals surface area contributed by atoms with Gasteiger partial charge in [0.2, 0.25) is 0 Å².